The lowest BCUT2D eigenvalue weighted by Gasteiger charge is -2.23. The molecule has 2 unspecified atom stereocenters. The molecule has 80 valence electrons. The number of hydrogen-bond acceptors (Lipinski definition) is 4. The fraction of sp³-hybridized carbons (Fsp3) is 1.00. The van der Waals surface area contributed by atoms with Gasteiger partial charge in [0.2, 0.25) is 3.79 Å². The van der Waals surface area contributed by atoms with Gasteiger partial charge in [0.05, 0.1) is 0 Å². The van der Waals surface area contributed by atoms with Crippen molar-refractivity contribution in [2.75, 3.05) is 13.4 Å². The molecular weight excluding hydrogens is 279 g/mol. The van der Waals surface area contributed by atoms with E-state index in [2.05, 4.69) is 9.61 Å². The fourth-order valence-corrected chi connectivity index (χ4v) is 2.71. The third-order valence-corrected chi connectivity index (χ3v) is 5.42. The molecule has 2 N–H and O–H groups in total. The summed E-state index contributed by atoms with van der Waals surface area (Å²) in [6, 6.07) is 0. The molecule has 0 saturated carbocycles. The predicted octanol–water partition coefficient (Wildman–Crippen LogP) is 2.38. The molecule has 0 heterocycles. The Morgan fingerprint density at radius 3 is 2.31 bits per heavy atom. The van der Waals surface area contributed by atoms with Gasteiger partial charge < -0.3 is 9.63 Å². The van der Waals surface area contributed by atoms with Gasteiger partial charge in [-0.25, -0.2) is 5.09 Å². The van der Waals surface area contributed by atoms with Crippen LogP contribution < -0.4 is 5.09 Å². The Bertz CT molecular complexity index is 203. The second-order valence-electron chi connectivity index (χ2n) is 1.94. The zero-order valence-corrected chi connectivity index (χ0v) is 10.8. The molecule has 9 heteroatoms. The van der Waals surface area contributed by atoms with Gasteiger partial charge in [0.25, 0.3) is 0 Å². The van der Waals surface area contributed by atoms with Crippen LogP contribution in [0.25, 0.3) is 0 Å². The average Bonchev–Trinajstić information content (AvgIpc) is 2.02. The Labute approximate surface area is 95.5 Å². The summed E-state index contributed by atoms with van der Waals surface area (Å²) < 4.78 is 14.2. The molecule has 0 aliphatic rings. The van der Waals surface area contributed by atoms with Gasteiger partial charge in [0.15, 0.2) is 6.23 Å². The van der Waals surface area contributed by atoms with E-state index in [9.17, 15) is 9.67 Å². The number of rotatable bonds is 4. The van der Waals surface area contributed by atoms with Crippen molar-refractivity contribution in [2.24, 2.45) is 0 Å². The maximum Gasteiger partial charge on any atom is 0.328 e. The molecule has 13 heavy (non-hydrogen) atoms. The van der Waals surface area contributed by atoms with Crippen LogP contribution in [0.15, 0.2) is 0 Å². The highest BCUT2D eigenvalue weighted by Crippen LogP contribution is 2.54. The van der Waals surface area contributed by atoms with Gasteiger partial charge in [-0.1, -0.05) is 46.2 Å². The zero-order valence-electron chi connectivity index (χ0n) is 6.83. The van der Waals surface area contributed by atoms with E-state index in [-0.39, 0.29) is 0 Å². The van der Waals surface area contributed by atoms with E-state index < -0.39 is 16.7 Å². The summed E-state index contributed by atoms with van der Waals surface area (Å²) in [5.41, 5.74) is 0. The molecule has 0 aromatic carbocycles. The molecule has 4 nitrogen and oxygen atoms in total. The fourth-order valence-electron chi connectivity index (χ4n) is 0.403. The minimum Gasteiger partial charge on any atom is -0.374 e. The average molecular weight is 289 g/mol. The summed E-state index contributed by atoms with van der Waals surface area (Å²) in [7, 11) is 1.23. The smallest absolute Gasteiger partial charge is 0.328 e. The second kappa shape index (κ2) is 5.42. The van der Waals surface area contributed by atoms with Crippen LogP contribution in [0.1, 0.15) is 0 Å². The highest BCUT2D eigenvalue weighted by atomic mass is 35.6. The molecule has 0 saturated heterocycles. The van der Waals surface area contributed by atoms with Crippen molar-refractivity contribution in [2.45, 2.75) is 10.0 Å². The highest BCUT2D eigenvalue weighted by molar-refractivity contribution is 8.55. The number of hydrogen-bond donors (Lipinski definition) is 2. The minimum absolute atomic E-state index is 0.903. The molecule has 0 spiro atoms. The molecular formula is C4H9Cl3NO3PS. The van der Waals surface area contributed by atoms with Crippen LogP contribution in [0.4, 0.5) is 0 Å². The van der Waals surface area contributed by atoms with Crippen molar-refractivity contribution in [3.05, 3.63) is 0 Å². The van der Waals surface area contributed by atoms with Crippen LogP contribution >= 0.6 is 52.9 Å². The van der Waals surface area contributed by atoms with Gasteiger partial charge >= 0.3 is 6.72 Å². The Kier molecular flexibility index (Phi) is 5.98. The van der Waals surface area contributed by atoms with E-state index >= 15 is 0 Å². The van der Waals surface area contributed by atoms with Gasteiger partial charge in [-0.2, -0.15) is 0 Å². The van der Waals surface area contributed by atoms with Crippen molar-refractivity contribution in [1.29, 1.82) is 0 Å². The molecule has 2 atom stereocenters. The Morgan fingerprint density at radius 2 is 2.08 bits per heavy atom. The minimum atomic E-state index is -3.17. The van der Waals surface area contributed by atoms with Crippen molar-refractivity contribution in [3.63, 3.8) is 0 Å². The topological polar surface area (TPSA) is 58.6 Å². The summed E-state index contributed by atoms with van der Waals surface area (Å²) in [6.45, 7) is -3.17. The van der Waals surface area contributed by atoms with E-state index in [4.69, 9.17) is 34.8 Å². The Balaban J connectivity index is 4.35. The van der Waals surface area contributed by atoms with Crippen LogP contribution in [-0.2, 0) is 9.09 Å². The molecule has 0 bridgehead atoms. The van der Waals surface area contributed by atoms with E-state index in [1.807, 2.05) is 0 Å². The standard InChI is InChI=1S/C4H9Cl3NO3PS/c1-11-12(10,13-2)8-3(9)4(5,6)7/h3,9H,1-2H3,(H,8,10). The molecule has 0 aromatic rings. The van der Waals surface area contributed by atoms with Crippen LogP contribution in [-0.4, -0.2) is 28.5 Å². The lowest BCUT2D eigenvalue weighted by Crippen LogP contribution is -2.37. The lowest BCUT2D eigenvalue weighted by atomic mass is 10.7. The number of halogens is 3. The third kappa shape index (κ3) is 5.09. The van der Waals surface area contributed by atoms with Crippen molar-refractivity contribution in [3.8, 4) is 0 Å². The first-order valence-corrected chi connectivity index (χ1v) is 7.58. The first-order chi connectivity index (χ1) is 5.75. The first-order valence-electron chi connectivity index (χ1n) is 2.99. The summed E-state index contributed by atoms with van der Waals surface area (Å²) in [6.07, 6.45) is -0.00160. The summed E-state index contributed by atoms with van der Waals surface area (Å²) in [4.78, 5) is 0. The second-order valence-corrected chi connectivity index (χ2v) is 8.83. The van der Waals surface area contributed by atoms with Gasteiger partial charge in [-0.3, -0.25) is 4.57 Å². The SMILES string of the molecule is COP(=O)(NC(O)C(Cl)(Cl)Cl)SC. The molecule has 0 aromatic heterocycles. The highest BCUT2D eigenvalue weighted by Gasteiger charge is 2.36. The van der Waals surface area contributed by atoms with E-state index in [1.54, 1.807) is 6.26 Å². The summed E-state index contributed by atoms with van der Waals surface area (Å²) in [5, 5.41) is 11.4. The lowest BCUT2D eigenvalue weighted by molar-refractivity contribution is 0.162. The number of aliphatic hydroxyl groups is 1. The van der Waals surface area contributed by atoms with Gasteiger partial charge in [-0.05, 0) is 6.26 Å². The third-order valence-electron chi connectivity index (χ3n) is 1.07. The Morgan fingerprint density at radius 1 is 1.62 bits per heavy atom. The number of nitrogens with one attached hydrogen (secondary N) is 1. The summed E-state index contributed by atoms with van der Waals surface area (Å²) >= 11 is 16.9. The predicted molar refractivity (Wildman–Crippen MR) is 57.6 cm³/mol. The van der Waals surface area contributed by atoms with Gasteiger partial charge in [0.1, 0.15) is 0 Å². The molecule has 0 rings (SSSR count). The maximum atomic E-state index is 11.5. The quantitative estimate of drug-likeness (QED) is 0.472. The Hall–Kier alpha value is 1.33. The monoisotopic (exact) mass is 287 g/mol. The molecule has 0 amide bonds. The van der Waals surface area contributed by atoms with Crippen LogP contribution in [0.2, 0.25) is 0 Å². The van der Waals surface area contributed by atoms with Crippen molar-refractivity contribution >= 4 is 52.9 Å². The molecule has 0 radical (unpaired) electrons. The van der Waals surface area contributed by atoms with E-state index in [0.29, 0.717) is 0 Å². The molecule has 0 aliphatic heterocycles. The first kappa shape index (κ1) is 14.3. The van der Waals surface area contributed by atoms with Crippen molar-refractivity contribution in [1.82, 2.24) is 5.09 Å². The normalized spacial score (nSPS) is 19.5. The zero-order chi connectivity index (χ0) is 10.7. The van der Waals surface area contributed by atoms with E-state index in [1.165, 1.54) is 7.11 Å². The largest absolute Gasteiger partial charge is 0.374 e. The summed E-state index contributed by atoms with van der Waals surface area (Å²) in [5.74, 6) is 0. The van der Waals surface area contributed by atoms with Crippen LogP contribution in [0.3, 0.4) is 0 Å². The number of aliphatic hydroxyl groups excluding tert-OH is 1. The molecule has 0 fully saturated rings. The van der Waals surface area contributed by atoms with Gasteiger partial charge in [-0.15, -0.1) is 0 Å². The van der Waals surface area contributed by atoms with Crippen molar-refractivity contribution < 1.29 is 14.2 Å². The van der Waals surface area contributed by atoms with Gasteiger partial charge in [0, 0.05) is 7.11 Å². The van der Waals surface area contributed by atoms with Crippen LogP contribution in [0.5, 0.6) is 0 Å². The van der Waals surface area contributed by atoms with E-state index in [0.717, 1.165) is 11.4 Å². The maximum absolute atomic E-state index is 11.5. The van der Waals surface area contributed by atoms with Crippen LogP contribution in [0, 0.1) is 0 Å². The number of alkyl halides is 3. The molecule has 0 aliphatic carbocycles.